The van der Waals surface area contributed by atoms with Crippen molar-refractivity contribution in [2.24, 2.45) is 0 Å². The fourth-order valence-corrected chi connectivity index (χ4v) is 3.72. The molecule has 1 unspecified atom stereocenters. The first-order chi connectivity index (χ1) is 10.7. The molecule has 1 amide bonds. The maximum atomic E-state index is 12.5. The van der Waals surface area contributed by atoms with E-state index in [9.17, 15) is 9.59 Å². The Hall–Kier alpha value is -1.08. The van der Waals surface area contributed by atoms with Gasteiger partial charge in [0.25, 0.3) is 0 Å². The molecule has 1 rings (SSSR count). The summed E-state index contributed by atoms with van der Waals surface area (Å²) in [5.41, 5.74) is -0.615. The molecule has 6 nitrogen and oxygen atoms in total. The summed E-state index contributed by atoms with van der Waals surface area (Å²) < 4.78 is 16.7. The zero-order chi connectivity index (χ0) is 18.9. The third-order valence-electron chi connectivity index (χ3n) is 4.63. The van der Waals surface area contributed by atoms with Gasteiger partial charge in [0.05, 0.1) is 13.2 Å². The van der Waals surface area contributed by atoms with Crippen molar-refractivity contribution in [1.29, 1.82) is 0 Å². The van der Waals surface area contributed by atoms with Crippen molar-refractivity contribution in [3.63, 3.8) is 0 Å². The molecule has 1 aliphatic rings. The first kappa shape index (κ1) is 21.0. The van der Waals surface area contributed by atoms with E-state index in [-0.39, 0.29) is 11.1 Å². The molecule has 24 heavy (non-hydrogen) atoms. The van der Waals surface area contributed by atoms with E-state index in [0.29, 0.717) is 13.0 Å². The Morgan fingerprint density at radius 3 is 2.04 bits per heavy atom. The van der Waals surface area contributed by atoms with Crippen LogP contribution in [0.3, 0.4) is 0 Å². The van der Waals surface area contributed by atoms with Gasteiger partial charge in [-0.1, -0.05) is 20.8 Å². The highest BCUT2D eigenvalue weighted by Crippen LogP contribution is 2.39. The van der Waals surface area contributed by atoms with Gasteiger partial charge < -0.3 is 13.9 Å². The Labute approximate surface area is 147 Å². The van der Waals surface area contributed by atoms with E-state index in [1.54, 1.807) is 20.8 Å². The van der Waals surface area contributed by atoms with Crippen LogP contribution in [0.25, 0.3) is 0 Å². The fourth-order valence-electron chi connectivity index (χ4n) is 2.36. The van der Waals surface area contributed by atoms with E-state index in [4.69, 9.17) is 13.9 Å². The molecule has 0 bridgehead atoms. The predicted molar refractivity (Wildman–Crippen MR) is 95.4 cm³/mol. The molecule has 1 fully saturated rings. The second-order valence-electron chi connectivity index (χ2n) is 8.91. The normalized spacial score (nSPS) is 22.5. The second-order valence-corrected chi connectivity index (χ2v) is 13.7. The van der Waals surface area contributed by atoms with Crippen LogP contribution in [0, 0.1) is 0 Å². The maximum Gasteiger partial charge on any atom is 0.411 e. The molecule has 0 radical (unpaired) electrons. The first-order valence-electron chi connectivity index (χ1n) is 8.43. The van der Waals surface area contributed by atoms with Gasteiger partial charge in [-0.15, -0.1) is 0 Å². The van der Waals surface area contributed by atoms with Crippen LogP contribution >= 0.6 is 0 Å². The topological polar surface area (TPSA) is 65.1 Å². The number of likely N-dealkylation sites (tertiary alicyclic amines) is 1. The maximum absolute atomic E-state index is 12.5. The second kappa shape index (κ2) is 7.04. The summed E-state index contributed by atoms with van der Waals surface area (Å²) in [5, 5.41) is 0.0626. The van der Waals surface area contributed by atoms with Crippen LogP contribution in [-0.2, 0) is 18.7 Å². The average Bonchev–Trinajstić information content (AvgIpc) is 2.77. The van der Waals surface area contributed by atoms with Crippen LogP contribution < -0.4 is 0 Å². The third kappa shape index (κ3) is 5.21. The SMILES string of the molecule is COC(=O)C1C[C@@H](O[Si](C)(C)C(C)(C)C)CN1C(=O)OC(C)(C)C. The Morgan fingerprint density at radius 1 is 1.08 bits per heavy atom. The summed E-state index contributed by atoms with van der Waals surface area (Å²) >= 11 is 0. The molecule has 0 aromatic heterocycles. The Balaban J connectivity index is 2.92. The van der Waals surface area contributed by atoms with Gasteiger partial charge in [-0.25, -0.2) is 9.59 Å². The smallest absolute Gasteiger partial charge is 0.411 e. The van der Waals surface area contributed by atoms with E-state index in [1.807, 2.05) is 0 Å². The summed E-state index contributed by atoms with van der Waals surface area (Å²) in [6, 6.07) is -0.653. The highest BCUT2D eigenvalue weighted by molar-refractivity contribution is 6.74. The standard InChI is InChI=1S/C17H33NO5Si/c1-16(2,3)22-15(20)18-11-12(10-13(18)14(19)21-7)23-24(8,9)17(4,5)6/h12-13H,10-11H2,1-9H3/t12-,13?/m1/s1. The number of hydrogen-bond donors (Lipinski definition) is 0. The van der Waals surface area contributed by atoms with Crippen LogP contribution in [0.5, 0.6) is 0 Å². The van der Waals surface area contributed by atoms with E-state index in [1.165, 1.54) is 12.0 Å². The molecule has 0 aromatic rings. The van der Waals surface area contributed by atoms with Crippen LogP contribution in [0.4, 0.5) is 4.79 Å². The molecule has 0 spiro atoms. The lowest BCUT2D eigenvalue weighted by atomic mass is 10.2. The van der Waals surface area contributed by atoms with Gasteiger partial charge in [-0.05, 0) is 38.9 Å². The van der Waals surface area contributed by atoms with Crippen LogP contribution in [-0.4, -0.2) is 56.7 Å². The molecule has 1 aliphatic heterocycles. The van der Waals surface area contributed by atoms with Gasteiger partial charge in [0.2, 0.25) is 0 Å². The van der Waals surface area contributed by atoms with Crippen molar-refractivity contribution in [3.05, 3.63) is 0 Å². The number of ether oxygens (including phenoxy) is 2. The predicted octanol–water partition coefficient (Wildman–Crippen LogP) is 3.56. The highest BCUT2D eigenvalue weighted by Gasteiger charge is 2.46. The van der Waals surface area contributed by atoms with Crippen molar-refractivity contribution < 1.29 is 23.5 Å². The summed E-state index contributed by atoms with van der Waals surface area (Å²) in [7, 11) is -0.656. The Kier molecular flexibility index (Phi) is 6.14. The lowest BCUT2D eigenvalue weighted by Crippen LogP contribution is -2.45. The van der Waals surface area contributed by atoms with E-state index in [0.717, 1.165) is 0 Å². The number of carbonyl (C=O) groups excluding carboxylic acids is 2. The van der Waals surface area contributed by atoms with Crippen molar-refractivity contribution in [1.82, 2.24) is 4.90 Å². The van der Waals surface area contributed by atoms with Crippen LogP contribution in [0.15, 0.2) is 0 Å². The summed E-state index contributed by atoms with van der Waals surface area (Å²) in [6.07, 6.45) is -0.236. The number of esters is 1. The minimum atomic E-state index is -1.99. The zero-order valence-corrected chi connectivity index (χ0v) is 17.6. The van der Waals surface area contributed by atoms with E-state index < -0.39 is 32.0 Å². The molecule has 7 heteroatoms. The van der Waals surface area contributed by atoms with Gasteiger partial charge in [0, 0.05) is 13.0 Å². The largest absolute Gasteiger partial charge is 0.467 e. The average molecular weight is 360 g/mol. The number of carbonyl (C=O) groups is 2. The summed E-state index contributed by atoms with van der Waals surface area (Å²) in [4.78, 5) is 26.0. The molecule has 0 N–H and O–H groups in total. The zero-order valence-electron chi connectivity index (χ0n) is 16.6. The Morgan fingerprint density at radius 2 is 1.62 bits per heavy atom. The van der Waals surface area contributed by atoms with Gasteiger partial charge in [-0.3, -0.25) is 4.90 Å². The molecule has 1 saturated heterocycles. The number of methoxy groups -OCH3 is 1. The van der Waals surface area contributed by atoms with Gasteiger partial charge in [0.1, 0.15) is 11.6 Å². The van der Waals surface area contributed by atoms with E-state index in [2.05, 4.69) is 33.9 Å². The third-order valence-corrected chi connectivity index (χ3v) is 9.17. The molecule has 0 saturated carbocycles. The number of nitrogens with zero attached hydrogens (tertiary/aromatic N) is 1. The molecular weight excluding hydrogens is 326 g/mol. The van der Waals surface area contributed by atoms with Gasteiger partial charge in [-0.2, -0.15) is 0 Å². The van der Waals surface area contributed by atoms with Crippen molar-refractivity contribution in [2.75, 3.05) is 13.7 Å². The molecule has 2 atom stereocenters. The van der Waals surface area contributed by atoms with Crippen molar-refractivity contribution >= 4 is 20.4 Å². The molecule has 1 heterocycles. The Bertz CT molecular complexity index is 478. The minimum absolute atomic E-state index is 0.0626. The highest BCUT2D eigenvalue weighted by atomic mass is 28.4. The molecular formula is C17H33NO5Si. The lowest BCUT2D eigenvalue weighted by Gasteiger charge is -2.38. The van der Waals surface area contributed by atoms with Crippen LogP contribution in [0.2, 0.25) is 18.1 Å². The fraction of sp³-hybridized carbons (Fsp3) is 0.882. The number of hydrogen-bond acceptors (Lipinski definition) is 5. The van der Waals surface area contributed by atoms with Crippen molar-refractivity contribution in [3.8, 4) is 0 Å². The summed E-state index contributed by atoms with van der Waals surface area (Å²) in [5.74, 6) is -0.429. The first-order valence-corrected chi connectivity index (χ1v) is 11.3. The molecule has 140 valence electrons. The lowest BCUT2D eigenvalue weighted by molar-refractivity contribution is -0.145. The van der Waals surface area contributed by atoms with E-state index >= 15 is 0 Å². The van der Waals surface area contributed by atoms with Gasteiger partial charge in [0.15, 0.2) is 8.32 Å². The molecule has 0 aliphatic carbocycles. The van der Waals surface area contributed by atoms with Gasteiger partial charge >= 0.3 is 12.1 Å². The minimum Gasteiger partial charge on any atom is -0.467 e. The van der Waals surface area contributed by atoms with Crippen LogP contribution in [0.1, 0.15) is 48.0 Å². The quantitative estimate of drug-likeness (QED) is 0.569. The number of amides is 1. The number of rotatable bonds is 3. The monoisotopic (exact) mass is 359 g/mol. The summed E-state index contributed by atoms with van der Waals surface area (Å²) in [6.45, 7) is 16.6. The molecule has 0 aromatic carbocycles. The van der Waals surface area contributed by atoms with Crippen molar-refractivity contribution in [2.45, 2.75) is 83.8 Å².